The van der Waals surface area contributed by atoms with Crippen molar-refractivity contribution in [2.45, 2.75) is 65.7 Å². The number of hydrogen-bond acceptors (Lipinski definition) is 1. The van der Waals surface area contributed by atoms with E-state index in [4.69, 9.17) is 4.74 Å². The minimum atomic E-state index is 0.473. The number of methoxy groups -OCH3 is 1. The normalized spacial score (nSPS) is 50.5. The van der Waals surface area contributed by atoms with Crippen molar-refractivity contribution >= 4 is 0 Å². The van der Waals surface area contributed by atoms with E-state index < -0.39 is 0 Å². The number of ether oxygens (including phenoxy) is 1. The molecule has 5 atom stereocenters. The van der Waals surface area contributed by atoms with E-state index in [1.165, 1.54) is 44.9 Å². The molecule has 0 unspecified atom stereocenters. The second-order valence-electron chi connectivity index (χ2n) is 9.41. The third-order valence-corrected chi connectivity index (χ3v) is 8.16. The molecule has 0 saturated heterocycles. The van der Waals surface area contributed by atoms with Crippen molar-refractivity contribution in [1.29, 1.82) is 0 Å². The first-order chi connectivity index (χ1) is 10.4. The van der Waals surface area contributed by atoms with Gasteiger partial charge in [-0.2, -0.15) is 0 Å². The average molecular weight is 300 g/mol. The van der Waals surface area contributed by atoms with Gasteiger partial charge in [0.05, 0.1) is 13.4 Å². The summed E-state index contributed by atoms with van der Waals surface area (Å²) in [6.45, 7) is 7.74. The molecular formula is C21H32O. The molecule has 0 heterocycles. The van der Waals surface area contributed by atoms with Crippen molar-refractivity contribution in [1.82, 2.24) is 0 Å². The Morgan fingerprint density at radius 3 is 2.59 bits per heavy atom. The summed E-state index contributed by atoms with van der Waals surface area (Å²) in [5.41, 5.74) is 3.13. The van der Waals surface area contributed by atoms with Crippen LogP contribution >= 0.6 is 0 Å². The van der Waals surface area contributed by atoms with Crippen LogP contribution in [0.25, 0.3) is 0 Å². The maximum Gasteiger partial charge on any atom is 0.0822 e. The van der Waals surface area contributed by atoms with Crippen LogP contribution in [0.3, 0.4) is 0 Å². The molecule has 0 aromatic heterocycles. The van der Waals surface area contributed by atoms with E-state index in [0.29, 0.717) is 22.2 Å². The lowest BCUT2D eigenvalue weighted by atomic mass is 9.37. The van der Waals surface area contributed by atoms with Gasteiger partial charge in [0.2, 0.25) is 0 Å². The molecule has 1 heteroatoms. The van der Waals surface area contributed by atoms with Gasteiger partial charge in [0.15, 0.2) is 0 Å². The van der Waals surface area contributed by atoms with E-state index in [1.807, 2.05) is 6.26 Å². The molecule has 0 N–H and O–H groups in total. The molecular weight excluding hydrogens is 268 g/mol. The maximum atomic E-state index is 5.38. The Bertz CT molecular complexity index is 528. The van der Waals surface area contributed by atoms with Crippen molar-refractivity contribution in [3.63, 3.8) is 0 Å². The molecule has 1 spiro atoms. The van der Waals surface area contributed by atoms with E-state index in [0.717, 1.165) is 11.8 Å². The van der Waals surface area contributed by atoms with Crippen LogP contribution in [0.15, 0.2) is 24.0 Å². The van der Waals surface area contributed by atoms with E-state index in [-0.39, 0.29) is 0 Å². The molecule has 1 nitrogen and oxygen atoms in total. The van der Waals surface area contributed by atoms with Crippen LogP contribution in [0.2, 0.25) is 0 Å². The molecule has 4 rings (SSSR count). The Kier molecular flexibility index (Phi) is 3.14. The van der Waals surface area contributed by atoms with Crippen LogP contribution in [0.5, 0.6) is 0 Å². The fraction of sp³-hybridized carbons (Fsp3) is 0.810. The predicted octanol–water partition coefficient (Wildman–Crippen LogP) is 5.73. The highest BCUT2D eigenvalue weighted by Crippen LogP contribution is 2.71. The molecule has 0 aromatic carbocycles. The maximum absolute atomic E-state index is 5.38. The fourth-order valence-electron chi connectivity index (χ4n) is 7.31. The molecule has 0 amide bonds. The van der Waals surface area contributed by atoms with Gasteiger partial charge in [-0.15, -0.1) is 0 Å². The van der Waals surface area contributed by atoms with E-state index in [9.17, 15) is 0 Å². The predicted molar refractivity (Wildman–Crippen MR) is 91.3 cm³/mol. The Morgan fingerprint density at radius 2 is 1.91 bits per heavy atom. The minimum Gasteiger partial charge on any atom is -0.504 e. The van der Waals surface area contributed by atoms with Crippen LogP contribution in [0.4, 0.5) is 0 Å². The molecule has 0 radical (unpaired) electrons. The summed E-state index contributed by atoms with van der Waals surface area (Å²) in [4.78, 5) is 0. The van der Waals surface area contributed by atoms with Gasteiger partial charge in [-0.05, 0) is 66.8 Å². The van der Waals surface area contributed by atoms with Crippen LogP contribution < -0.4 is 0 Å². The molecule has 122 valence electrons. The van der Waals surface area contributed by atoms with Gasteiger partial charge < -0.3 is 4.74 Å². The summed E-state index contributed by atoms with van der Waals surface area (Å²) in [6, 6.07) is 0. The van der Waals surface area contributed by atoms with Gasteiger partial charge in [0.25, 0.3) is 0 Å². The molecule has 0 bridgehead atoms. The zero-order valence-electron chi connectivity index (χ0n) is 14.8. The van der Waals surface area contributed by atoms with Gasteiger partial charge in [0.1, 0.15) is 0 Å². The first kappa shape index (κ1) is 14.8. The van der Waals surface area contributed by atoms with Crippen LogP contribution in [0.1, 0.15) is 65.7 Å². The zero-order valence-corrected chi connectivity index (χ0v) is 14.8. The van der Waals surface area contributed by atoms with Gasteiger partial charge in [-0.25, -0.2) is 0 Å². The quantitative estimate of drug-likeness (QED) is 0.444. The highest BCUT2D eigenvalue weighted by molar-refractivity contribution is 5.36. The second-order valence-corrected chi connectivity index (χ2v) is 9.41. The van der Waals surface area contributed by atoms with E-state index >= 15 is 0 Å². The summed E-state index contributed by atoms with van der Waals surface area (Å²) in [6.07, 6.45) is 16.9. The lowest BCUT2D eigenvalue weighted by molar-refractivity contribution is -0.143. The van der Waals surface area contributed by atoms with Crippen LogP contribution in [-0.2, 0) is 4.74 Å². The van der Waals surface area contributed by atoms with Gasteiger partial charge >= 0.3 is 0 Å². The first-order valence-corrected chi connectivity index (χ1v) is 9.35. The number of hydrogen-bond donors (Lipinski definition) is 0. The van der Waals surface area contributed by atoms with E-state index in [1.54, 1.807) is 12.7 Å². The molecule has 3 fully saturated rings. The average Bonchev–Trinajstić information content (AvgIpc) is 2.41. The standard InChI is InChI=1S/C21H32O/c1-19(2)10-5-11-20(3)17(19)9-13-21-12-8-16(21)15(14-22-4)6-7-18(20)21/h8,12,14,16-18H,5-7,9-11,13H2,1-4H3/b15-14-/t16-,17+,18-,20+,21+/m1/s1. The SMILES string of the molecule is CO/C=C1/CC[C@@H]2[C@@]3(C)CCCC(C)(C)[C@@H]3CC[C@]23C=C[C@H]13. The molecule has 3 saturated carbocycles. The number of allylic oxidation sites excluding steroid dienone is 3. The molecule has 0 aliphatic heterocycles. The number of fused-ring (bicyclic) bond motifs is 2. The minimum absolute atomic E-state index is 0.473. The van der Waals surface area contributed by atoms with Crippen molar-refractivity contribution in [3.05, 3.63) is 24.0 Å². The topological polar surface area (TPSA) is 9.23 Å². The van der Waals surface area contributed by atoms with Crippen molar-refractivity contribution < 1.29 is 4.74 Å². The van der Waals surface area contributed by atoms with E-state index in [2.05, 4.69) is 32.9 Å². The van der Waals surface area contributed by atoms with Crippen LogP contribution in [-0.4, -0.2) is 7.11 Å². The molecule has 4 aliphatic rings. The summed E-state index contributed by atoms with van der Waals surface area (Å²) in [7, 11) is 1.80. The molecule has 4 aliphatic carbocycles. The van der Waals surface area contributed by atoms with Gasteiger partial charge in [-0.3, -0.25) is 0 Å². The van der Waals surface area contributed by atoms with Gasteiger partial charge in [-0.1, -0.05) is 39.3 Å². The third kappa shape index (κ3) is 1.72. The molecule has 22 heavy (non-hydrogen) atoms. The highest BCUT2D eigenvalue weighted by Gasteiger charge is 2.63. The Morgan fingerprint density at radius 1 is 1.09 bits per heavy atom. The summed E-state index contributed by atoms with van der Waals surface area (Å²) in [5, 5.41) is 0. The zero-order chi connectivity index (χ0) is 15.6. The Hall–Kier alpha value is -0.720. The van der Waals surface area contributed by atoms with Gasteiger partial charge in [0, 0.05) is 11.3 Å². The molecule has 0 aromatic rings. The van der Waals surface area contributed by atoms with Crippen molar-refractivity contribution in [2.75, 3.05) is 7.11 Å². The second kappa shape index (κ2) is 4.65. The summed E-state index contributed by atoms with van der Waals surface area (Å²) >= 11 is 0. The Labute approximate surface area is 136 Å². The number of rotatable bonds is 1. The van der Waals surface area contributed by atoms with Crippen LogP contribution in [0, 0.1) is 34.0 Å². The Balaban J connectivity index is 1.72. The largest absolute Gasteiger partial charge is 0.504 e. The first-order valence-electron chi connectivity index (χ1n) is 9.35. The smallest absolute Gasteiger partial charge is 0.0822 e. The summed E-state index contributed by atoms with van der Waals surface area (Å²) < 4.78 is 5.38. The fourth-order valence-corrected chi connectivity index (χ4v) is 7.31. The third-order valence-electron chi connectivity index (χ3n) is 8.16. The monoisotopic (exact) mass is 300 g/mol. The summed E-state index contributed by atoms with van der Waals surface area (Å²) in [5.74, 6) is 2.49. The lowest BCUT2D eigenvalue weighted by Gasteiger charge is -2.67. The highest BCUT2D eigenvalue weighted by atomic mass is 16.5. The van der Waals surface area contributed by atoms with Crippen molar-refractivity contribution in [3.8, 4) is 0 Å². The van der Waals surface area contributed by atoms with Crippen molar-refractivity contribution in [2.24, 2.45) is 34.0 Å². The lowest BCUT2D eigenvalue weighted by Crippen LogP contribution is -2.60.